The molecule has 0 spiro atoms. The molecule has 12 heavy (non-hydrogen) atoms. The van der Waals surface area contributed by atoms with Crippen LogP contribution in [0.15, 0.2) is 61.4 Å². The largest absolute Gasteiger partial charge is 0.132 e. The van der Waals surface area contributed by atoms with E-state index >= 15 is 0 Å². The predicted octanol–water partition coefficient (Wildman–Crippen LogP) is 3.30. The van der Waals surface area contributed by atoms with E-state index in [4.69, 9.17) is 0 Å². The lowest BCUT2D eigenvalue weighted by Gasteiger charge is -2.04. The van der Waals surface area contributed by atoms with Gasteiger partial charge < -0.3 is 0 Å². The van der Waals surface area contributed by atoms with Crippen molar-refractivity contribution in [3.63, 3.8) is 0 Å². The lowest BCUT2D eigenvalue weighted by molar-refractivity contribution is 1.09. The van der Waals surface area contributed by atoms with Crippen LogP contribution in [0.5, 0.6) is 0 Å². The molecule has 0 N–H and O–H groups in total. The van der Waals surface area contributed by atoms with Gasteiger partial charge in [0, 0.05) is 5.92 Å². The fourth-order valence-electron chi connectivity index (χ4n) is 1.10. The second kappa shape index (κ2) is 4.38. The standard InChI is InChI=1S/C12H12/c1-3-8-11(4-2)12-9-6-5-7-10-12/h4-11H,1-2H2/t11-/m0/s1. The Balaban J connectivity index is 2.94. The van der Waals surface area contributed by atoms with Crippen LogP contribution in [0.3, 0.4) is 0 Å². The SMILES string of the molecule is C=C=C[C@H](C=C)c1ccccc1. The molecule has 1 rings (SSSR count). The first-order chi connectivity index (χ1) is 5.88. The smallest absolute Gasteiger partial charge is 0.0271 e. The summed E-state index contributed by atoms with van der Waals surface area (Å²) in [6.07, 6.45) is 3.79. The third-order valence-corrected chi connectivity index (χ3v) is 1.74. The van der Waals surface area contributed by atoms with Crippen LogP contribution in [0.4, 0.5) is 0 Å². The molecule has 0 saturated heterocycles. The number of hydrogen-bond donors (Lipinski definition) is 0. The lowest BCUT2D eigenvalue weighted by Crippen LogP contribution is -1.88. The first-order valence-corrected chi connectivity index (χ1v) is 3.92. The van der Waals surface area contributed by atoms with Crippen LogP contribution < -0.4 is 0 Å². The summed E-state index contributed by atoms with van der Waals surface area (Å²) >= 11 is 0. The Labute approximate surface area is 73.6 Å². The third kappa shape index (κ3) is 1.98. The highest BCUT2D eigenvalue weighted by Crippen LogP contribution is 2.16. The van der Waals surface area contributed by atoms with Crippen LogP contribution in [-0.4, -0.2) is 0 Å². The summed E-state index contributed by atoms with van der Waals surface area (Å²) in [7, 11) is 0. The van der Waals surface area contributed by atoms with Crippen molar-refractivity contribution in [3.05, 3.63) is 66.9 Å². The molecule has 0 aliphatic carbocycles. The Kier molecular flexibility index (Phi) is 3.13. The highest BCUT2D eigenvalue weighted by Gasteiger charge is 2.00. The zero-order valence-corrected chi connectivity index (χ0v) is 7.03. The monoisotopic (exact) mass is 156 g/mol. The van der Waals surface area contributed by atoms with Crippen molar-refractivity contribution in [2.75, 3.05) is 0 Å². The summed E-state index contributed by atoms with van der Waals surface area (Å²) in [5, 5.41) is 0. The molecule has 0 aromatic heterocycles. The fraction of sp³-hybridized carbons (Fsp3) is 0.0833. The van der Waals surface area contributed by atoms with Gasteiger partial charge in [-0.25, -0.2) is 0 Å². The average molecular weight is 156 g/mol. The molecule has 60 valence electrons. The van der Waals surface area contributed by atoms with E-state index < -0.39 is 0 Å². The molecule has 1 aromatic carbocycles. The molecule has 0 nitrogen and oxygen atoms in total. The van der Waals surface area contributed by atoms with Gasteiger partial charge in [-0.3, -0.25) is 0 Å². The van der Waals surface area contributed by atoms with Gasteiger partial charge in [0.2, 0.25) is 0 Å². The molecule has 1 aromatic rings. The molecule has 0 aliphatic rings. The van der Waals surface area contributed by atoms with E-state index in [0.717, 1.165) is 0 Å². The minimum atomic E-state index is 0.240. The van der Waals surface area contributed by atoms with Crippen molar-refractivity contribution in [1.82, 2.24) is 0 Å². The average Bonchev–Trinajstić information content (AvgIpc) is 2.15. The van der Waals surface area contributed by atoms with Gasteiger partial charge in [0.25, 0.3) is 0 Å². The van der Waals surface area contributed by atoms with Crippen molar-refractivity contribution >= 4 is 0 Å². The molecule has 0 heteroatoms. The van der Waals surface area contributed by atoms with Crippen LogP contribution in [0.1, 0.15) is 11.5 Å². The number of rotatable bonds is 3. The second-order valence-corrected chi connectivity index (χ2v) is 2.54. The highest BCUT2D eigenvalue weighted by atomic mass is 14.0. The molecule has 0 radical (unpaired) electrons. The van der Waals surface area contributed by atoms with Gasteiger partial charge in [-0.2, -0.15) is 0 Å². The Hall–Kier alpha value is -1.52. The molecule has 0 heterocycles. The maximum Gasteiger partial charge on any atom is 0.0271 e. The summed E-state index contributed by atoms with van der Waals surface area (Å²) in [5.41, 5.74) is 4.00. The van der Waals surface area contributed by atoms with Crippen LogP contribution >= 0.6 is 0 Å². The minimum Gasteiger partial charge on any atom is -0.132 e. The van der Waals surface area contributed by atoms with Gasteiger partial charge in [0.1, 0.15) is 0 Å². The maximum absolute atomic E-state index is 3.76. The first-order valence-electron chi connectivity index (χ1n) is 3.92. The van der Waals surface area contributed by atoms with Crippen LogP contribution in [0.2, 0.25) is 0 Å². The Bertz CT molecular complexity index is 289. The van der Waals surface area contributed by atoms with Crippen LogP contribution in [-0.2, 0) is 0 Å². The topological polar surface area (TPSA) is 0 Å². The van der Waals surface area contributed by atoms with Gasteiger partial charge in [0.15, 0.2) is 0 Å². The van der Waals surface area contributed by atoms with Crippen molar-refractivity contribution in [3.8, 4) is 0 Å². The van der Waals surface area contributed by atoms with Gasteiger partial charge in [-0.15, -0.1) is 12.3 Å². The van der Waals surface area contributed by atoms with Gasteiger partial charge in [-0.05, 0) is 11.6 Å². The summed E-state index contributed by atoms with van der Waals surface area (Å²) in [6.45, 7) is 7.30. The van der Waals surface area contributed by atoms with Crippen LogP contribution in [0, 0.1) is 0 Å². The number of hydrogen-bond acceptors (Lipinski definition) is 0. The summed E-state index contributed by atoms with van der Waals surface area (Å²) < 4.78 is 0. The molecule has 0 fully saturated rings. The van der Waals surface area contributed by atoms with Gasteiger partial charge in [0.05, 0.1) is 0 Å². The fourth-order valence-corrected chi connectivity index (χ4v) is 1.10. The Morgan fingerprint density at radius 2 is 1.92 bits per heavy atom. The van der Waals surface area contributed by atoms with E-state index in [1.54, 1.807) is 0 Å². The predicted molar refractivity (Wildman–Crippen MR) is 53.1 cm³/mol. The molecule has 0 unspecified atom stereocenters. The zero-order chi connectivity index (χ0) is 8.81. The number of benzene rings is 1. The van der Waals surface area contributed by atoms with E-state index in [1.807, 2.05) is 30.4 Å². The third-order valence-electron chi connectivity index (χ3n) is 1.74. The first kappa shape index (κ1) is 8.58. The van der Waals surface area contributed by atoms with E-state index in [1.165, 1.54) is 5.56 Å². The molecule has 0 bridgehead atoms. The second-order valence-electron chi connectivity index (χ2n) is 2.54. The Morgan fingerprint density at radius 3 is 2.42 bits per heavy atom. The van der Waals surface area contributed by atoms with E-state index in [0.29, 0.717) is 0 Å². The summed E-state index contributed by atoms with van der Waals surface area (Å²) in [5.74, 6) is 0.240. The lowest BCUT2D eigenvalue weighted by atomic mass is 10.00. The van der Waals surface area contributed by atoms with E-state index in [-0.39, 0.29) is 5.92 Å². The van der Waals surface area contributed by atoms with Crippen molar-refractivity contribution in [2.45, 2.75) is 5.92 Å². The zero-order valence-electron chi connectivity index (χ0n) is 7.03. The van der Waals surface area contributed by atoms with E-state index in [2.05, 4.69) is 31.0 Å². The molecule has 0 aliphatic heterocycles. The molecule has 1 atom stereocenters. The Morgan fingerprint density at radius 1 is 1.25 bits per heavy atom. The molecule has 0 amide bonds. The van der Waals surface area contributed by atoms with Gasteiger partial charge >= 0.3 is 0 Å². The van der Waals surface area contributed by atoms with Gasteiger partial charge in [-0.1, -0.05) is 43.0 Å². The van der Waals surface area contributed by atoms with Crippen molar-refractivity contribution in [2.24, 2.45) is 0 Å². The van der Waals surface area contributed by atoms with E-state index in [9.17, 15) is 0 Å². The summed E-state index contributed by atoms with van der Waals surface area (Å²) in [4.78, 5) is 0. The minimum absolute atomic E-state index is 0.240. The molecular weight excluding hydrogens is 144 g/mol. The summed E-state index contributed by atoms with van der Waals surface area (Å²) in [6, 6.07) is 10.2. The normalized spacial score (nSPS) is 11.3. The van der Waals surface area contributed by atoms with Crippen LogP contribution in [0.25, 0.3) is 0 Å². The quantitative estimate of drug-likeness (QED) is 0.465. The molecular formula is C12H12. The van der Waals surface area contributed by atoms with Crippen molar-refractivity contribution in [1.29, 1.82) is 0 Å². The molecule has 0 saturated carbocycles. The number of allylic oxidation sites excluding steroid dienone is 2. The highest BCUT2D eigenvalue weighted by molar-refractivity contribution is 5.27. The maximum atomic E-state index is 3.76. The van der Waals surface area contributed by atoms with Crippen molar-refractivity contribution < 1.29 is 0 Å².